The van der Waals surface area contributed by atoms with Crippen molar-refractivity contribution in [2.75, 3.05) is 36.4 Å². The van der Waals surface area contributed by atoms with Crippen LogP contribution in [0.3, 0.4) is 0 Å². The van der Waals surface area contributed by atoms with E-state index >= 15 is 0 Å². The van der Waals surface area contributed by atoms with E-state index in [9.17, 15) is 9.18 Å². The van der Waals surface area contributed by atoms with Crippen LogP contribution in [-0.4, -0.2) is 57.1 Å². The molecule has 1 N–H and O–H groups in total. The van der Waals surface area contributed by atoms with Crippen molar-refractivity contribution in [3.63, 3.8) is 0 Å². The van der Waals surface area contributed by atoms with Crippen LogP contribution in [0.1, 0.15) is 36.7 Å². The second kappa shape index (κ2) is 8.96. The van der Waals surface area contributed by atoms with E-state index in [0.29, 0.717) is 26.2 Å². The number of halogens is 1. The van der Waals surface area contributed by atoms with E-state index in [1.54, 1.807) is 17.0 Å². The smallest absolute Gasteiger partial charge is 0.256 e. The molecule has 3 heterocycles. The summed E-state index contributed by atoms with van der Waals surface area (Å²) in [6.45, 7) is 10.7. The number of amides is 1. The molecule has 7 nitrogen and oxygen atoms in total. The molecule has 0 aliphatic carbocycles. The maximum absolute atomic E-state index is 14.1. The van der Waals surface area contributed by atoms with Crippen LogP contribution in [0.15, 0.2) is 48.5 Å². The lowest BCUT2D eigenvalue weighted by atomic mass is 10.0. The molecule has 2 aromatic heterocycles. The lowest BCUT2D eigenvalue weighted by Crippen LogP contribution is -2.49. The van der Waals surface area contributed by atoms with Crippen molar-refractivity contribution in [2.24, 2.45) is 0 Å². The number of piperazine rings is 1. The Morgan fingerprint density at radius 3 is 2.40 bits per heavy atom. The first kappa shape index (κ1) is 23.3. The van der Waals surface area contributed by atoms with Crippen molar-refractivity contribution in [3.8, 4) is 11.3 Å². The lowest BCUT2D eigenvalue weighted by Gasteiger charge is -2.34. The molecule has 0 atom stereocenters. The molecule has 0 bridgehead atoms. The van der Waals surface area contributed by atoms with Gasteiger partial charge in [0.1, 0.15) is 11.5 Å². The summed E-state index contributed by atoms with van der Waals surface area (Å²) >= 11 is 1.54. The Hall–Kier alpha value is -3.46. The molecule has 9 heteroatoms. The number of aryl methyl sites for hydroxylation is 1. The van der Waals surface area contributed by atoms with E-state index in [0.717, 1.165) is 32.7 Å². The fraction of sp³-hybridized carbons (Fsp3) is 0.346. The minimum Gasteiger partial charge on any atom is -0.364 e. The van der Waals surface area contributed by atoms with Crippen molar-refractivity contribution in [2.45, 2.75) is 33.2 Å². The van der Waals surface area contributed by atoms with Crippen molar-refractivity contribution in [1.29, 1.82) is 0 Å². The molecule has 1 saturated heterocycles. The van der Waals surface area contributed by atoms with Crippen LogP contribution in [0, 0.1) is 12.7 Å². The second-order valence-electron chi connectivity index (χ2n) is 9.84. The molecule has 1 aliphatic rings. The maximum atomic E-state index is 14.1. The average Bonchev–Trinajstić information content (AvgIpc) is 3.38. The fourth-order valence-corrected chi connectivity index (χ4v) is 5.22. The van der Waals surface area contributed by atoms with Gasteiger partial charge in [0.2, 0.25) is 10.1 Å². The number of rotatable bonds is 4. The number of benzene rings is 2. The van der Waals surface area contributed by atoms with Crippen LogP contribution >= 0.6 is 11.3 Å². The highest BCUT2D eigenvalue weighted by molar-refractivity contribution is 7.20. The van der Waals surface area contributed by atoms with Crippen LogP contribution in [0.4, 0.5) is 15.3 Å². The number of anilines is 2. The number of hydrogen-bond acceptors (Lipinski definition) is 6. The van der Waals surface area contributed by atoms with E-state index in [2.05, 4.69) is 50.0 Å². The lowest BCUT2D eigenvalue weighted by molar-refractivity contribution is 0.0742. The summed E-state index contributed by atoms with van der Waals surface area (Å²) in [4.78, 5) is 22.4. The molecule has 0 saturated carbocycles. The molecule has 182 valence electrons. The normalized spacial score (nSPS) is 14.5. The SMILES string of the molecule is Cc1ccccc1-c1nc2sc(N3CCN(C(=O)c4ccccc4F)CC3)nn2c1NC(C)(C)C. The number of hydrogen-bond donors (Lipinski definition) is 1. The van der Waals surface area contributed by atoms with Gasteiger partial charge in [-0.05, 0) is 45.4 Å². The molecule has 1 fully saturated rings. The summed E-state index contributed by atoms with van der Waals surface area (Å²) in [5.41, 5.74) is 3.08. The summed E-state index contributed by atoms with van der Waals surface area (Å²) in [6, 6.07) is 14.4. The van der Waals surface area contributed by atoms with Crippen LogP contribution in [-0.2, 0) is 0 Å². The van der Waals surface area contributed by atoms with Gasteiger partial charge in [-0.15, -0.1) is 5.10 Å². The number of carbonyl (C=O) groups is 1. The molecule has 1 amide bonds. The van der Waals surface area contributed by atoms with Gasteiger partial charge in [-0.25, -0.2) is 9.37 Å². The third kappa shape index (κ3) is 4.60. The molecule has 35 heavy (non-hydrogen) atoms. The van der Waals surface area contributed by atoms with Gasteiger partial charge in [-0.1, -0.05) is 47.7 Å². The highest BCUT2D eigenvalue weighted by Crippen LogP contribution is 2.36. The maximum Gasteiger partial charge on any atom is 0.256 e. The summed E-state index contributed by atoms with van der Waals surface area (Å²) in [5.74, 6) is 0.123. The number of nitrogens with zero attached hydrogens (tertiary/aromatic N) is 5. The summed E-state index contributed by atoms with van der Waals surface area (Å²) < 4.78 is 16.0. The van der Waals surface area contributed by atoms with Gasteiger partial charge in [0.25, 0.3) is 5.91 Å². The van der Waals surface area contributed by atoms with E-state index in [4.69, 9.17) is 10.1 Å². The molecule has 2 aromatic carbocycles. The minimum atomic E-state index is -0.482. The van der Waals surface area contributed by atoms with E-state index < -0.39 is 5.82 Å². The summed E-state index contributed by atoms with van der Waals surface area (Å²) in [6.07, 6.45) is 0. The number of carbonyl (C=O) groups excluding carboxylic acids is 1. The van der Waals surface area contributed by atoms with E-state index in [-0.39, 0.29) is 17.0 Å². The van der Waals surface area contributed by atoms with Gasteiger partial charge in [0, 0.05) is 37.3 Å². The number of nitrogens with one attached hydrogen (secondary N) is 1. The van der Waals surface area contributed by atoms with Gasteiger partial charge < -0.3 is 15.1 Å². The molecular formula is C26H29FN6OS. The van der Waals surface area contributed by atoms with E-state index in [1.165, 1.54) is 23.5 Å². The van der Waals surface area contributed by atoms with Crippen LogP contribution < -0.4 is 10.2 Å². The molecule has 1 aliphatic heterocycles. The third-order valence-corrected chi connectivity index (χ3v) is 7.00. The zero-order valence-electron chi connectivity index (χ0n) is 20.4. The Morgan fingerprint density at radius 1 is 1.03 bits per heavy atom. The summed E-state index contributed by atoms with van der Waals surface area (Å²) in [5, 5.41) is 9.37. The second-order valence-corrected chi connectivity index (χ2v) is 10.8. The topological polar surface area (TPSA) is 65.8 Å². The van der Waals surface area contributed by atoms with Crippen LogP contribution in [0.5, 0.6) is 0 Å². The molecule has 4 aromatic rings. The number of imidazole rings is 1. The van der Waals surface area contributed by atoms with Crippen molar-refractivity contribution < 1.29 is 9.18 Å². The molecule has 0 unspecified atom stereocenters. The van der Waals surface area contributed by atoms with Gasteiger partial charge in [0.15, 0.2) is 5.82 Å². The summed E-state index contributed by atoms with van der Waals surface area (Å²) in [7, 11) is 0. The Labute approximate surface area is 208 Å². The van der Waals surface area contributed by atoms with Gasteiger partial charge in [0.05, 0.1) is 5.56 Å². The zero-order valence-corrected chi connectivity index (χ0v) is 21.2. The average molecular weight is 493 g/mol. The molecule has 5 rings (SSSR count). The van der Waals surface area contributed by atoms with Crippen molar-refractivity contribution in [1.82, 2.24) is 19.5 Å². The Bertz CT molecular complexity index is 1380. The molecule has 0 spiro atoms. The predicted octanol–water partition coefficient (Wildman–Crippen LogP) is 5.08. The van der Waals surface area contributed by atoms with Crippen molar-refractivity contribution in [3.05, 3.63) is 65.5 Å². The standard InChI is InChI=1S/C26H29FN6OS/c1-17-9-5-6-10-18(17)21-22(29-26(2,3)4)33-24(28-21)35-25(30-33)32-15-13-31(14-16-32)23(34)19-11-7-8-12-20(19)27/h5-12,29H,13-16H2,1-4H3. The Kier molecular flexibility index (Phi) is 5.96. The minimum absolute atomic E-state index is 0.121. The van der Waals surface area contributed by atoms with Crippen LogP contribution in [0.25, 0.3) is 16.2 Å². The van der Waals surface area contributed by atoms with Gasteiger partial charge in [-0.3, -0.25) is 4.79 Å². The number of aromatic nitrogens is 3. The molecular weight excluding hydrogens is 463 g/mol. The third-order valence-electron chi connectivity index (χ3n) is 6.03. The quantitative estimate of drug-likeness (QED) is 0.431. The van der Waals surface area contributed by atoms with Crippen LogP contribution in [0.2, 0.25) is 0 Å². The highest BCUT2D eigenvalue weighted by Gasteiger charge is 2.28. The zero-order chi connectivity index (χ0) is 24.7. The Morgan fingerprint density at radius 2 is 1.71 bits per heavy atom. The van der Waals surface area contributed by atoms with Gasteiger partial charge in [-0.2, -0.15) is 4.52 Å². The fourth-order valence-electron chi connectivity index (χ4n) is 4.27. The first-order valence-electron chi connectivity index (χ1n) is 11.7. The van der Waals surface area contributed by atoms with E-state index in [1.807, 2.05) is 16.6 Å². The first-order chi connectivity index (χ1) is 16.7. The highest BCUT2D eigenvalue weighted by atomic mass is 32.1. The molecule has 0 radical (unpaired) electrons. The number of fused-ring (bicyclic) bond motifs is 1. The monoisotopic (exact) mass is 492 g/mol. The first-order valence-corrected chi connectivity index (χ1v) is 12.6. The van der Waals surface area contributed by atoms with Gasteiger partial charge >= 0.3 is 0 Å². The largest absolute Gasteiger partial charge is 0.364 e. The predicted molar refractivity (Wildman–Crippen MR) is 139 cm³/mol. The Balaban J connectivity index is 1.40. The van der Waals surface area contributed by atoms with Crippen molar-refractivity contribution >= 4 is 33.2 Å².